The number of fused-ring (bicyclic) bond motifs is 2. The topological polar surface area (TPSA) is 146 Å². The van der Waals surface area contributed by atoms with Gasteiger partial charge in [-0.3, -0.25) is 13.9 Å². The molecule has 3 N–H and O–H groups in total. The van der Waals surface area contributed by atoms with Crippen molar-refractivity contribution in [2.45, 2.75) is 13.8 Å². The first-order valence-electron chi connectivity index (χ1n) is 13.5. The number of hydrogen-bond donors (Lipinski definition) is 3. The van der Waals surface area contributed by atoms with Gasteiger partial charge in [-0.05, 0) is 61.0 Å². The molecule has 0 aliphatic carbocycles. The lowest BCUT2D eigenvalue weighted by Crippen LogP contribution is -2.22. The number of benzene rings is 4. The molecule has 222 valence electrons. The number of pyridine rings is 1. The Hall–Kier alpha value is -4.84. The highest BCUT2D eigenvalue weighted by molar-refractivity contribution is 7.79. The lowest BCUT2D eigenvalue weighted by atomic mass is 9.99. The number of carbonyl (C=O) groups is 2. The van der Waals surface area contributed by atoms with Crippen molar-refractivity contribution >= 4 is 55.3 Å². The number of hydrogen-bond acceptors (Lipinski definition) is 7. The van der Waals surface area contributed by atoms with Crippen molar-refractivity contribution in [2.75, 3.05) is 29.9 Å². The molecular formula is C32H31N3O7S. The van der Waals surface area contributed by atoms with E-state index < -0.39 is 28.9 Å². The smallest absolute Gasteiger partial charge is 0.394 e. The molecule has 5 aromatic rings. The Morgan fingerprint density at radius 1 is 0.837 bits per heavy atom. The number of anilines is 2. The zero-order valence-electron chi connectivity index (χ0n) is 23.6. The Morgan fingerprint density at radius 2 is 1.44 bits per heavy atom. The second kappa shape index (κ2) is 13.9. The predicted octanol–water partition coefficient (Wildman–Crippen LogP) is 6.04. The predicted molar refractivity (Wildman–Crippen MR) is 168 cm³/mol. The zero-order chi connectivity index (χ0) is 31.0. The standard InChI is InChI=1S/C32H29N3O3.H2O4S/c1-3-35(4-2)24-18-16-23(17-19-24)33-31(36)21-38-32(37)28-20-30(34-29-15-8-7-13-27(28)29)26-14-9-11-22-10-5-6-12-25(22)26;1-5(2,3)4/h5-20H,3-4,21H2,1-2H3,(H,33,36);(H2,1,2,3,4). The van der Waals surface area contributed by atoms with Gasteiger partial charge in [-0.15, -0.1) is 0 Å². The van der Waals surface area contributed by atoms with E-state index in [1.54, 1.807) is 6.07 Å². The molecule has 1 heterocycles. The number of esters is 1. The van der Waals surface area contributed by atoms with Gasteiger partial charge in [-0.1, -0.05) is 60.7 Å². The molecule has 0 aliphatic rings. The maximum absolute atomic E-state index is 13.2. The number of para-hydroxylation sites is 1. The Kier molecular flexibility index (Phi) is 10.0. The van der Waals surface area contributed by atoms with Crippen LogP contribution in [0.5, 0.6) is 0 Å². The molecule has 10 nitrogen and oxygen atoms in total. The van der Waals surface area contributed by atoms with Crippen LogP contribution in [0.4, 0.5) is 11.4 Å². The number of rotatable bonds is 8. The summed E-state index contributed by atoms with van der Waals surface area (Å²) in [6, 6.07) is 30.9. The van der Waals surface area contributed by atoms with E-state index in [-0.39, 0.29) is 0 Å². The highest BCUT2D eigenvalue weighted by Crippen LogP contribution is 2.30. The van der Waals surface area contributed by atoms with Gasteiger partial charge in [0.25, 0.3) is 5.91 Å². The van der Waals surface area contributed by atoms with Crippen LogP contribution in [0.2, 0.25) is 0 Å². The Balaban J connectivity index is 0.000000782. The third-order valence-electron chi connectivity index (χ3n) is 6.62. The summed E-state index contributed by atoms with van der Waals surface area (Å²) < 4.78 is 37.0. The molecule has 0 aliphatic heterocycles. The van der Waals surface area contributed by atoms with Gasteiger partial charge >= 0.3 is 16.4 Å². The van der Waals surface area contributed by atoms with Crippen molar-refractivity contribution < 1.29 is 31.8 Å². The molecule has 4 aromatic carbocycles. The molecule has 0 unspecified atom stereocenters. The van der Waals surface area contributed by atoms with Gasteiger partial charge in [-0.25, -0.2) is 9.78 Å². The van der Waals surface area contributed by atoms with Crippen molar-refractivity contribution in [1.29, 1.82) is 0 Å². The number of nitrogens with one attached hydrogen (secondary N) is 1. The van der Waals surface area contributed by atoms with Gasteiger partial charge in [0.15, 0.2) is 6.61 Å². The molecule has 1 amide bonds. The number of carbonyl (C=O) groups excluding carboxylic acids is 2. The average Bonchev–Trinajstić information content (AvgIpc) is 2.99. The first kappa shape index (κ1) is 31.1. The minimum absolute atomic E-state index is 0.370. The van der Waals surface area contributed by atoms with Crippen LogP contribution in [0, 0.1) is 0 Å². The largest absolute Gasteiger partial charge is 0.452 e. The summed E-state index contributed by atoms with van der Waals surface area (Å²) in [5, 5.41) is 5.61. The van der Waals surface area contributed by atoms with Crippen molar-refractivity contribution in [2.24, 2.45) is 0 Å². The second-order valence-electron chi connectivity index (χ2n) is 9.39. The van der Waals surface area contributed by atoms with E-state index in [1.807, 2.05) is 91.0 Å². The number of ether oxygens (including phenoxy) is 1. The van der Waals surface area contributed by atoms with Crippen LogP contribution in [-0.2, 0) is 19.9 Å². The first-order valence-corrected chi connectivity index (χ1v) is 14.9. The van der Waals surface area contributed by atoms with Crippen molar-refractivity contribution in [1.82, 2.24) is 4.98 Å². The lowest BCUT2D eigenvalue weighted by molar-refractivity contribution is -0.119. The molecule has 0 fully saturated rings. The van der Waals surface area contributed by atoms with E-state index in [1.165, 1.54) is 0 Å². The van der Waals surface area contributed by atoms with Crippen molar-refractivity contribution in [3.63, 3.8) is 0 Å². The average molecular weight is 602 g/mol. The molecule has 0 atom stereocenters. The van der Waals surface area contributed by atoms with Crippen LogP contribution in [0.15, 0.2) is 97.1 Å². The fourth-order valence-electron chi connectivity index (χ4n) is 4.68. The minimum atomic E-state index is -4.67. The van der Waals surface area contributed by atoms with Crippen LogP contribution in [-0.4, -0.2) is 54.1 Å². The highest BCUT2D eigenvalue weighted by atomic mass is 32.3. The maximum Gasteiger partial charge on any atom is 0.394 e. The monoisotopic (exact) mass is 601 g/mol. The summed E-state index contributed by atoms with van der Waals surface area (Å²) in [6.45, 7) is 5.63. The minimum Gasteiger partial charge on any atom is -0.452 e. The quantitative estimate of drug-likeness (QED) is 0.143. The normalized spacial score (nSPS) is 11.0. The Bertz CT molecular complexity index is 1840. The summed E-state index contributed by atoms with van der Waals surface area (Å²) in [7, 11) is -4.67. The van der Waals surface area contributed by atoms with Gasteiger partial charge in [0, 0.05) is 35.4 Å². The molecule has 1 aromatic heterocycles. The van der Waals surface area contributed by atoms with E-state index in [9.17, 15) is 9.59 Å². The molecule has 0 spiro atoms. The van der Waals surface area contributed by atoms with E-state index in [2.05, 4.69) is 24.1 Å². The second-order valence-corrected chi connectivity index (χ2v) is 10.3. The third kappa shape index (κ3) is 8.35. The molecule has 0 bridgehead atoms. The summed E-state index contributed by atoms with van der Waals surface area (Å²) in [4.78, 5) is 32.8. The Labute approximate surface area is 249 Å². The molecule has 0 saturated heterocycles. The molecule has 0 radical (unpaired) electrons. The molecule has 11 heteroatoms. The first-order chi connectivity index (χ1) is 20.6. The van der Waals surface area contributed by atoms with E-state index in [0.717, 1.165) is 35.1 Å². The highest BCUT2D eigenvalue weighted by Gasteiger charge is 2.17. The zero-order valence-corrected chi connectivity index (χ0v) is 24.4. The van der Waals surface area contributed by atoms with Gasteiger partial charge in [0.05, 0.1) is 16.8 Å². The van der Waals surface area contributed by atoms with Crippen LogP contribution in [0.1, 0.15) is 24.2 Å². The third-order valence-corrected chi connectivity index (χ3v) is 6.62. The molecule has 5 rings (SSSR count). The maximum atomic E-state index is 13.2. The number of amides is 1. The van der Waals surface area contributed by atoms with Gasteiger partial charge in [0.1, 0.15) is 0 Å². The number of aromatic nitrogens is 1. The molecule has 43 heavy (non-hydrogen) atoms. The van der Waals surface area contributed by atoms with E-state index >= 15 is 0 Å². The fourth-order valence-corrected chi connectivity index (χ4v) is 4.68. The van der Waals surface area contributed by atoms with Crippen LogP contribution >= 0.6 is 0 Å². The molecular weight excluding hydrogens is 570 g/mol. The summed E-state index contributed by atoms with van der Waals surface area (Å²) in [6.07, 6.45) is 0. The summed E-state index contributed by atoms with van der Waals surface area (Å²) >= 11 is 0. The number of nitrogens with zero attached hydrogens (tertiary/aromatic N) is 2. The lowest BCUT2D eigenvalue weighted by Gasteiger charge is -2.21. The summed E-state index contributed by atoms with van der Waals surface area (Å²) in [5.41, 5.74) is 4.39. The SMILES string of the molecule is CCN(CC)c1ccc(NC(=O)COC(=O)c2cc(-c3cccc4ccccc34)nc3ccccc23)cc1.O=S(=O)(O)O. The van der Waals surface area contributed by atoms with Gasteiger partial charge < -0.3 is 15.0 Å². The van der Waals surface area contributed by atoms with Crippen molar-refractivity contribution in [3.8, 4) is 11.3 Å². The summed E-state index contributed by atoms with van der Waals surface area (Å²) in [5.74, 6) is -0.973. The van der Waals surface area contributed by atoms with Crippen molar-refractivity contribution in [3.05, 3.63) is 103 Å². The Morgan fingerprint density at radius 3 is 2.12 bits per heavy atom. The van der Waals surface area contributed by atoms with E-state index in [4.69, 9.17) is 27.2 Å². The van der Waals surface area contributed by atoms with Gasteiger partial charge in [0.2, 0.25) is 0 Å². The van der Waals surface area contributed by atoms with Crippen LogP contribution in [0.3, 0.4) is 0 Å². The fraction of sp³-hybridized carbons (Fsp3) is 0.156. The van der Waals surface area contributed by atoms with Crippen LogP contribution in [0.25, 0.3) is 32.9 Å². The van der Waals surface area contributed by atoms with Crippen LogP contribution < -0.4 is 10.2 Å². The van der Waals surface area contributed by atoms with E-state index in [0.29, 0.717) is 27.8 Å². The molecule has 0 saturated carbocycles. The van der Waals surface area contributed by atoms with Gasteiger partial charge in [-0.2, -0.15) is 8.42 Å².